The largest absolute Gasteiger partial charge is 0.381 e. The minimum atomic E-state index is 0.278. The van der Waals surface area contributed by atoms with Gasteiger partial charge in [0.1, 0.15) is 0 Å². The molecule has 1 aliphatic rings. The Bertz CT molecular complexity index is 199. The van der Waals surface area contributed by atoms with Crippen molar-refractivity contribution in [2.24, 2.45) is 5.92 Å². The van der Waals surface area contributed by atoms with Crippen molar-refractivity contribution in [3.05, 3.63) is 0 Å². The van der Waals surface area contributed by atoms with Gasteiger partial charge in [-0.25, -0.2) is 0 Å². The predicted octanol–water partition coefficient (Wildman–Crippen LogP) is 1.62. The average Bonchev–Trinajstić information content (AvgIpc) is 2.67. The van der Waals surface area contributed by atoms with Gasteiger partial charge in [-0.05, 0) is 19.1 Å². The first-order valence-corrected chi connectivity index (χ1v) is 7.01. The van der Waals surface area contributed by atoms with Crippen LogP contribution in [0.3, 0.4) is 0 Å². The van der Waals surface area contributed by atoms with Crippen LogP contribution < -0.4 is 0 Å². The summed E-state index contributed by atoms with van der Waals surface area (Å²) in [7, 11) is 0. The molecule has 0 aromatic rings. The van der Waals surface area contributed by atoms with Gasteiger partial charge in [0.05, 0.1) is 12.4 Å². The molecular formula is C11H21NO2S. The van der Waals surface area contributed by atoms with E-state index in [-0.39, 0.29) is 5.91 Å². The Morgan fingerprint density at radius 1 is 1.60 bits per heavy atom. The van der Waals surface area contributed by atoms with Crippen LogP contribution >= 0.6 is 11.8 Å². The van der Waals surface area contributed by atoms with Crippen LogP contribution in [0, 0.1) is 5.92 Å². The molecule has 0 aromatic carbocycles. The highest BCUT2D eigenvalue weighted by Gasteiger charge is 2.25. The number of thioether (sulfide) groups is 1. The highest BCUT2D eigenvalue weighted by atomic mass is 32.2. The van der Waals surface area contributed by atoms with E-state index in [1.165, 1.54) is 0 Å². The number of carbonyl (C=O) groups is 1. The van der Waals surface area contributed by atoms with Crippen molar-refractivity contribution < 1.29 is 9.53 Å². The Hall–Kier alpha value is -0.220. The normalized spacial score (nSPS) is 20.9. The Balaban J connectivity index is 2.17. The molecule has 0 unspecified atom stereocenters. The lowest BCUT2D eigenvalue weighted by Crippen LogP contribution is -2.30. The van der Waals surface area contributed by atoms with E-state index in [4.69, 9.17) is 4.74 Å². The molecule has 0 aromatic heterocycles. The minimum absolute atomic E-state index is 0.278. The molecule has 0 spiro atoms. The fourth-order valence-corrected chi connectivity index (χ4v) is 2.23. The number of likely N-dealkylation sites (tertiary alicyclic amines) is 1. The molecule has 1 rings (SSSR count). The molecule has 0 radical (unpaired) electrons. The molecule has 15 heavy (non-hydrogen) atoms. The van der Waals surface area contributed by atoms with E-state index >= 15 is 0 Å². The summed E-state index contributed by atoms with van der Waals surface area (Å²) in [5.41, 5.74) is 0. The van der Waals surface area contributed by atoms with Crippen molar-refractivity contribution in [1.29, 1.82) is 0 Å². The second-order valence-electron chi connectivity index (χ2n) is 4.00. The smallest absolute Gasteiger partial charge is 0.232 e. The highest BCUT2D eigenvalue weighted by molar-refractivity contribution is 7.99. The van der Waals surface area contributed by atoms with E-state index in [1.54, 1.807) is 11.8 Å². The summed E-state index contributed by atoms with van der Waals surface area (Å²) < 4.78 is 5.51. The Kier molecular flexibility index (Phi) is 6.10. The molecule has 88 valence electrons. The molecule has 0 aliphatic carbocycles. The zero-order valence-corrected chi connectivity index (χ0v) is 10.5. The quantitative estimate of drug-likeness (QED) is 0.651. The maximum absolute atomic E-state index is 11.6. The van der Waals surface area contributed by atoms with Crippen molar-refractivity contribution in [1.82, 2.24) is 4.90 Å². The number of amides is 1. The molecule has 1 fully saturated rings. The van der Waals surface area contributed by atoms with E-state index in [2.05, 4.69) is 6.92 Å². The topological polar surface area (TPSA) is 29.5 Å². The van der Waals surface area contributed by atoms with E-state index < -0.39 is 0 Å². The Labute approximate surface area is 96.5 Å². The Morgan fingerprint density at radius 3 is 3.07 bits per heavy atom. The molecule has 1 saturated heterocycles. The summed E-state index contributed by atoms with van der Waals surface area (Å²) in [6.45, 7) is 5.58. The maximum atomic E-state index is 11.6. The van der Waals surface area contributed by atoms with Gasteiger partial charge in [-0.1, -0.05) is 6.92 Å². The average molecular weight is 231 g/mol. The number of carbonyl (C=O) groups excluding carboxylic acids is 1. The second kappa shape index (κ2) is 7.12. The lowest BCUT2D eigenvalue weighted by Gasteiger charge is -2.15. The molecule has 1 aliphatic heterocycles. The molecule has 1 amide bonds. The fraction of sp³-hybridized carbons (Fsp3) is 0.909. The first-order chi connectivity index (χ1) is 7.27. The van der Waals surface area contributed by atoms with Crippen LogP contribution in [0.2, 0.25) is 0 Å². The van der Waals surface area contributed by atoms with Crippen LogP contribution in [0.15, 0.2) is 0 Å². The number of hydrogen-bond acceptors (Lipinski definition) is 3. The van der Waals surface area contributed by atoms with E-state index in [0.29, 0.717) is 11.7 Å². The van der Waals surface area contributed by atoms with Gasteiger partial charge >= 0.3 is 0 Å². The predicted molar refractivity (Wildman–Crippen MR) is 64.2 cm³/mol. The van der Waals surface area contributed by atoms with Gasteiger partial charge in [0.25, 0.3) is 0 Å². The molecule has 0 saturated carbocycles. The van der Waals surface area contributed by atoms with Crippen molar-refractivity contribution in [3.8, 4) is 0 Å². The molecule has 3 nitrogen and oxygen atoms in total. The van der Waals surface area contributed by atoms with Crippen LogP contribution in [-0.2, 0) is 9.53 Å². The van der Waals surface area contributed by atoms with Gasteiger partial charge in [-0.3, -0.25) is 4.79 Å². The zero-order valence-electron chi connectivity index (χ0n) is 9.70. The Morgan fingerprint density at radius 2 is 2.40 bits per heavy atom. The van der Waals surface area contributed by atoms with Gasteiger partial charge in [0, 0.05) is 25.6 Å². The molecule has 1 heterocycles. The standard InChI is InChI=1S/C11H21NO2S/c1-3-6-14-8-10-4-5-12(7-10)11(13)9-15-2/h10H,3-9H2,1-2H3/t10-/m0/s1. The lowest BCUT2D eigenvalue weighted by atomic mass is 10.1. The van der Waals surface area contributed by atoms with Crippen molar-refractivity contribution >= 4 is 17.7 Å². The van der Waals surface area contributed by atoms with Crippen LogP contribution in [-0.4, -0.2) is 49.1 Å². The number of hydrogen-bond donors (Lipinski definition) is 0. The third-order valence-corrected chi connectivity index (χ3v) is 3.14. The summed E-state index contributed by atoms with van der Waals surface area (Å²) in [4.78, 5) is 13.6. The summed E-state index contributed by atoms with van der Waals surface area (Å²) in [5, 5.41) is 0. The van der Waals surface area contributed by atoms with Crippen LogP contribution in [0.5, 0.6) is 0 Å². The summed E-state index contributed by atoms with van der Waals surface area (Å²) in [6.07, 6.45) is 4.14. The van der Waals surface area contributed by atoms with Crippen molar-refractivity contribution in [3.63, 3.8) is 0 Å². The lowest BCUT2D eigenvalue weighted by molar-refractivity contribution is -0.127. The first-order valence-electron chi connectivity index (χ1n) is 5.62. The van der Waals surface area contributed by atoms with Gasteiger partial charge < -0.3 is 9.64 Å². The first kappa shape index (κ1) is 12.8. The molecular weight excluding hydrogens is 210 g/mol. The minimum Gasteiger partial charge on any atom is -0.381 e. The van der Waals surface area contributed by atoms with Gasteiger partial charge in [0.15, 0.2) is 0 Å². The monoisotopic (exact) mass is 231 g/mol. The van der Waals surface area contributed by atoms with Gasteiger partial charge in [-0.2, -0.15) is 11.8 Å². The van der Waals surface area contributed by atoms with Crippen LogP contribution in [0.25, 0.3) is 0 Å². The fourth-order valence-electron chi connectivity index (χ4n) is 1.80. The van der Waals surface area contributed by atoms with Crippen LogP contribution in [0.4, 0.5) is 0 Å². The van der Waals surface area contributed by atoms with Crippen molar-refractivity contribution in [2.45, 2.75) is 19.8 Å². The van der Waals surface area contributed by atoms with E-state index in [9.17, 15) is 4.79 Å². The summed E-state index contributed by atoms with van der Waals surface area (Å²) in [6, 6.07) is 0. The van der Waals surface area contributed by atoms with E-state index in [0.717, 1.165) is 39.1 Å². The molecule has 0 bridgehead atoms. The third kappa shape index (κ3) is 4.43. The molecule has 1 atom stereocenters. The SMILES string of the molecule is CCCOC[C@H]1CCN(C(=O)CSC)C1. The highest BCUT2D eigenvalue weighted by Crippen LogP contribution is 2.17. The molecule has 0 N–H and O–H groups in total. The number of nitrogens with zero attached hydrogens (tertiary/aromatic N) is 1. The number of rotatable bonds is 6. The van der Waals surface area contributed by atoms with Gasteiger partial charge in [0.2, 0.25) is 5.91 Å². The summed E-state index contributed by atoms with van der Waals surface area (Å²) >= 11 is 1.60. The number of ether oxygens (including phenoxy) is 1. The van der Waals surface area contributed by atoms with Gasteiger partial charge in [-0.15, -0.1) is 0 Å². The molecule has 4 heteroatoms. The third-order valence-electron chi connectivity index (χ3n) is 2.61. The van der Waals surface area contributed by atoms with Crippen LogP contribution in [0.1, 0.15) is 19.8 Å². The maximum Gasteiger partial charge on any atom is 0.232 e. The van der Waals surface area contributed by atoms with Crippen molar-refractivity contribution in [2.75, 3.05) is 38.3 Å². The zero-order chi connectivity index (χ0) is 11.1. The second-order valence-corrected chi connectivity index (χ2v) is 4.87. The summed E-state index contributed by atoms with van der Waals surface area (Å²) in [5.74, 6) is 1.45. The van der Waals surface area contributed by atoms with E-state index in [1.807, 2.05) is 11.2 Å².